The number of ketones is 1. The molecule has 0 spiro atoms. The Morgan fingerprint density at radius 2 is 1.84 bits per heavy atom. The molecule has 4 heterocycles. The number of anilines is 1. The molecule has 2 aromatic rings. The number of Topliss-reactive ketones (excluding diaryl/α,β-unsaturated/α-hetero) is 1. The van der Waals surface area contributed by atoms with E-state index >= 15 is 0 Å². The molecule has 0 saturated carbocycles. The summed E-state index contributed by atoms with van der Waals surface area (Å²) in [7, 11) is 2.12. The highest BCUT2D eigenvalue weighted by Crippen LogP contribution is 2.31. The van der Waals surface area contributed by atoms with Crippen molar-refractivity contribution < 1.29 is 24.2 Å². The number of likely N-dealkylation sites (tertiary alicyclic amines) is 1. The number of nitrogens with zero attached hydrogens (tertiary/aromatic N) is 4. The second kappa shape index (κ2) is 10.4. The number of aromatic nitrogens is 1. The van der Waals surface area contributed by atoms with Gasteiger partial charge in [0.15, 0.2) is 10.9 Å². The summed E-state index contributed by atoms with van der Waals surface area (Å²) in [5.41, 5.74) is 1.58. The van der Waals surface area contributed by atoms with E-state index in [9.17, 15) is 19.5 Å². The van der Waals surface area contributed by atoms with E-state index in [1.807, 2.05) is 38.3 Å². The average Bonchev–Trinajstić information content (AvgIpc) is 3.60. The van der Waals surface area contributed by atoms with Crippen LogP contribution in [0.15, 0.2) is 29.6 Å². The predicted molar refractivity (Wildman–Crippen MR) is 144 cm³/mol. The largest absolute Gasteiger partial charge is 0.388 e. The summed E-state index contributed by atoms with van der Waals surface area (Å²) in [4.78, 5) is 49.9. The average molecular weight is 542 g/mol. The second-order valence-electron chi connectivity index (χ2n) is 11.4. The lowest BCUT2D eigenvalue weighted by atomic mass is 9.85. The van der Waals surface area contributed by atoms with E-state index in [0.29, 0.717) is 5.56 Å². The van der Waals surface area contributed by atoms with Gasteiger partial charge in [-0.1, -0.05) is 32.9 Å². The molecule has 11 heteroatoms. The third kappa shape index (κ3) is 5.20. The SMILES string of the molecule is CN1CCN(c2nc(-c3ccc(C(=O)NC(C(=O)N4C[C@@H](O)[C@H]5OCC(=O)[C@H]54)C(C)(C)C)cc3)cs2)CC1. The molecular formula is C27H35N5O5S. The lowest BCUT2D eigenvalue weighted by Gasteiger charge is -2.34. The Morgan fingerprint density at radius 1 is 1.16 bits per heavy atom. The van der Waals surface area contributed by atoms with Gasteiger partial charge in [-0.15, -0.1) is 11.3 Å². The summed E-state index contributed by atoms with van der Waals surface area (Å²) in [5.74, 6) is -1.01. The van der Waals surface area contributed by atoms with Crippen LogP contribution in [0.5, 0.6) is 0 Å². The number of piperazine rings is 1. The highest BCUT2D eigenvalue weighted by Gasteiger charge is 2.53. The lowest BCUT2D eigenvalue weighted by molar-refractivity contribution is -0.140. The van der Waals surface area contributed by atoms with Crippen LogP contribution in [0.1, 0.15) is 31.1 Å². The standard InChI is InChI=1S/C27H35N5O5S/c1-27(2,3)23(25(36)32-13-19(33)22-21(32)20(34)14-37-22)29-24(35)17-7-5-16(6-8-17)18-15-38-26(28-18)31-11-9-30(4)10-12-31/h5-8,15,19,21-23,33H,9-14H2,1-4H3,(H,29,35)/t19-,21-,22-,23?/m1/s1. The monoisotopic (exact) mass is 541 g/mol. The molecule has 1 aromatic heterocycles. The number of aliphatic hydroxyl groups excluding tert-OH is 1. The summed E-state index contributed by atoms with van der Waals surface area (Å²) in [6.07, 6.45) is -1.64. The zero-order valence-electron chi connectivity index (χ0n) is 22.2. The molecule has 2 N–H and O–H groups in total. The van der Waals surface area contributed by atoms with Crippen LogP contribution in [0.3, 0.4) is 0 Å². The molecule has 1 unspecified atom stereocenters. The number of nitrogens with one attached hydrogen (secondary N) is 1. The van der Waals surface area contributed by atoms with Gasteiger partial charge in [-0.2, -0.15) is 0 Å². The molecule has 0 bridgehead atoms. The number of rotatable bonds is 5. The molecule has 3 saturated heterocycles. The van der Waals surface area contributed by atoms with Crippen LogP contribution in [-0.4, -0.2) is 108 Å². The van der Waals surface area contributed by atoms with E-state index < -0.39 is 35.6 Å². The first-order valence-electron chi connectivity index (χ1n) is 13.0. The van der Waals surface area contributed by atoms with Gasteiger partial charge in [-0.05, 0) is 24.6 Å². The van der Waals surface area contributed by atoms with Crippen LogP contribution in [-0.2, 0) is 14.3 Å². The molecule has 0 aliphatic carbocycles. The van der Waals surface area contributed by atoms with Crippen molar-refractivity contribution in [2.75, 3.05) is 51.3 Å². The van der Waals surface area contributed by atoms with E-state index in [4.69, 9.17) is 9.72 Å². The van der Waals surface area contributed by atoms with Gasteiger partial charge in [-0.3, -0.25) is 14.4 Å². The number of thiazole rings is 1. The van der Waals surface area contributed by atoms with Crippen LogP contribution in [0.25, 0.3) is 11.3 Å². The van der Waals surface area contributed by atoms with Crippen molar-refractivity contribution >= 4 is 34.1 Å². The van der Waals surface area contributed by atoms with Crippen molar-refractivity contribution in [1.82, 2.24) is 20.1 Å². The Labute approximate surface area is 226 Å². The summed E-state index contributed by atoms with van der Waals surface area (Å²) in [5, 5.41) is 16.2. The number of hydrogen-bond acceptors (Lipinski definition) is 9. The number of ether oxygens (including phenoxy) is 1. The van der Waals surface area contributed by atoms with Crippen molar-refractivity contribution in [3.05, 3.63) is 35.2 Å². The highest BCUT2D eigenvalue weighted by molar-refractivity contribution is 7.14. The summed E-state index contributed by atoms with van der Waals surface area (Å²) in [6, 6.07) is 5.48. The number of amides is 2. The van der Waals surface area contributed by atoms with Crippen LogP contribution in [0.2, 0.25) is 0 Å². The van der Waals surface area contributed by atoms with Crippen molar-refractivity contribution in [3.63, 3.8) is 0 Å². The minimum atomic E-state index is -0.929. The van der Waals surface area contributed by atoms with Crippen LogP contribution in [0, 0.1) is 5.41 Å². The fourth-order valence-electron chi connectivity index (χ4n) is 5.22. The topological polar surface area (TPSA) is 115 Å². The van der Waals surface area contributed by atoms with Gasteiger partial charge in [0.1, 0.15) is 30.9 Å². The Balaban J connectivity index is 1.28. The molecule has 204 valence electrons. The predicted octanol–water partition coefficient (Wildman–Crippen LogP) is 1.25. The van der Waals surface area contributed by atoms with Crippen molar-refractivity contribution in [2.24, 2.45) is 5.41 Å². The Hall–Kier alpha value is -2.86. The number of β-amino-alcohol motifs (C(OH)–C–C–N with tert-alkyl or cyclic N) is 1. The molecule has 4 atom stereocenters. The van der Waals surface area contributed by atoms with E-state index in [2.05, 4.69) is 22.2 Å². The third-order valence-corrected chi connectivity index (χ3v) is 8.44. The molecule has 0 radical (unpaired) electrons. The number of benzene rings is 1. The van der Waals surface area contributed by atoms with E-state index in [1.54, 1.807) is 23.5 Å². The first-order valence-corrected chi connectivity index (χ1v) is 13.8. The Kier molecular flexibility index (Phi) is 7.29. The van der Waals surface area contributed by atoms with Crippen LogP contribution in [0.4, 0.5) is 5.13 Å². The molecular weight excluding hydrogens is 506 g/mol. The van der Waals surface area contributed by atoms with Crippen molar-refractivity contribution in [1.29, 1.82) is 0 Å². The minimum absolute atomic E-state index is 0.000806. The maximum atomic E-state index is 13.6. The van der Waals surface area contributed by atoms with Gasteiger partial charge in [0.2, 0.25) is 5.91 Å². The summed E-state index contributed by atoms with van der Waals surface area (Å²) >= 11 is 1.62. The third-order valence-electron chi connectivity index (χ3n) is 7.54. The van der Waals surface area contributed by atoms with Gasteiger partial charge in [0.25, 0.3) is 5.91 Å². The first-order chi connectivity index (χ1) is 18.0. The van der Waals surface area contributed by atoms with Gasteiger partial charge >= 0.3 is 0 Å². The van der Waals surface area contributed by atoms with Crippen molar-refractivity contribution in [2.45, 2.75) is 45.1 Å². The molecule has 3 aliphatic rings. The number of aliphatic hydroxyl groups is 1. The molecule has 10 nitrogen and oxygen atoms in total. The van der Waals surface area contributed by atoms with Gasteiger partial charge in [0, 0.05) is 42.7 Å². The molecule has 3 aliphatic heterocycles. The fraction of sp³-hybridized carbons (Fsp3) is 0.556. The Morgan fingerprint density at radius 3 is 2.50 bits per heavy atom. The van der Waals surface area contributed by atoms with Gasteiger partial charge < -0.3 is 29.9 Å². The molecule has 38 heavy (non-hydrogen) atoms. The maximum Gasteiger partial charge on any atom is 0.251 e. The van der Waals surface area contributed by atoms with E-state index in [1.165, 1.54) is 4.90 Å². The molecule has 2 amide bonds. The quantitative estimate of drug-likeness (QED) is 0.581. The summed E-state index contributed by atoms with van der Waals surface area (Å²) < 4.78 is 5.40. The van der Waals surface area contributed by atoms with Crippen molar-refractivity contribution in [3.8, 4) is 11.3 Å². The second-order valence-corrected chi connectivity index (χ2v) is 12.2. The lowest BCUT2D eigenvalue weighted by Crippen LogP contribution is -2.57. The first kappa shape index (κ1) is 26.7. The van der Waals surface area contributed by atoms with Crippen LogP contribution >= 0.6 is 11.3 Å². The number of fused-ring (bicyclic) bond motifs is 1. The smallest absolute Gasteiger partial charge is 0.251 e. The molecule has 3 fully saturated rings. The van der Waals surface area contributed by atoms with E-state index in [0.717, 1.165) is 42.6 Å². The maximum absolute atomic E-state index is 13.6. The fourth-order valence-corrected chi connectivity index (χ4v) is 6.11. The van der Waals surface area contributed by atoms with Gasteiger partial charge in [0.05, 0.1) is 12.2 Å². The minimum Gasteiger partial charge on any atom is -0.388 e. The zero-order chi connectivity index (χ0) is 27.2. The summed E-state index contributed by atoms with van der Waals surface area (Å²) in [6.45, 7) is 9.39. The molecule has 5 rings (SSSR count). The van der Waals surface area contributed by atoms with Crippen LogP contribution < -0.4 is 10.2 Å². The number of likely N-dealkylation sites (N-methyl/N-ethyl adjacent to an activating group) is 1. The van der Waals surface area contributed by atoms with Gasteiger partial charge in [-0.25, -0.2) is 4.98 Å². The zero-order valence-corrected chi connectivity index (χ0v) is 23.0. The molecule has 1 aromatic carbocycles. The number of carbonyl (C=O) groups is 3. The van der Waals surface area contributed by atoms with E-state index in [-0.39, 0.29) is 24.8 Å². The Bertz CT molecular complexity index is 1200. The highest BCUT2D eigenvalue weighted by atomic mass is 32.1. The number of carbonyl (C=O) groups excluding carboxylic acids is 3. The number of hydrogen-bond donors (Lipinski definition) is 2. The normalized spacial score (nSPS) is 25.0.